The standard InChI is InChI=1S/C12H23NO4S/c1-10(12(14)15)6-5-7-11(2)13-8-3-4-9-18(13,16)17/h10-11H,3-9H2,1-2H3,(H,14,15). The number of aliphatic carboxylic acids is 1. The highest BCUT2D eigenvalue weighted by atomic mass is 32.2. The van der Waals surface area contributed by atoms with Gasteiger partial charge in [-0.3, -0.25) is 4.79 Å². The normalized spacial score (nSPS) is 23.4. The fraction of sp³-hybridized carbons (Fsp3) is 0.917. The van der Waals surface area contributed by atoms with Gasteiger partial charge in [-0.05, 0) is 32.6 Å². The topological polar surface area (TPSA) is 74.7 Å². The molecule has 0 bridgehead atoms. The van der Waals surface area contributed by atoms with Crippen molar-refractivity contribution in [2.24, 2.45) is 5.92 Å². The Hall–Kier alpha value is -0.620. The molecular formula is C12H23NO4S. The van der Waals surface area contributed by atoms with Crippen LogP contribution >= 0.6 is 0 Å². The number of hydrogen-bond acceptors (Lipinski definition) is 3. The summed E-state index contributed by atoms with van der Waals surface area (Å²) in [6.07, 6.45) is 3.77. The van der Waals surface area contributed by atoms with Crippen LogP contribution in [0.3, 0.4) is 0 Å². The largest absolute Gasteiger partial charge is 0.481 e. The van der Waals surface area contributed by atoms with Gasteiger partial charge in [0.15, 0.2) is 0 Å². The van der Waals surface area contributed by atoms with Gasteiger partial charge >= 0.3 is 5.97 Å². The molecule has 0 aromatic rings. The molecule has 1 rings (SSSR count). The summed E-state index contributed by atoms with van der Waals surface area (Å²) in [6, 6.07) is -0.0173. The van der Waals surface area contributed by atoms with Gasteiger partial charge in [0.05, 0.1) is 11.7 Å². The smallest absolute Gasteiger partial charge is 0.306 e. The average Bonchev–Trinajstić information content (AvgIpc) is 2.27. The third kappa shape index (κ3) is 4.24. The van der Waals surface area contributed by atoms with Crippen LogP contribution in [0.4, 0.5) is 0 Å². The predicted octanol–water partition coefficient (Wildman–Crippen LogP) is 1.69. The third-order valence-electron chi connectivity index (χ3n) is 3.56. The quantitative estimate of drug-likeness (QED) is 0.801. The molecule has 1 aliphatic heterocycles. The molecule has 6 heteroatoms. The summed E-state index contributed by atoms with van der Waals surface area (Å²) in [5, 5.41) is 8.77. The summed E-state index contributed by atoms with van der Waals surface area (Å²) in [6.45, 7) is 4.21. The van der Waals surface area contributed by atoms with Gasteiger partial charge < -0.3 is 5.11 Å². The van der Waals surface area contributed by atoms with Gasteiger partial charge in [0.1, 0.15) is 0 Å². The highest BCUT2D eigenvalue weighted by Gasteiger charge is 2.29. The molecule has 1 fully saturated rings. The van der Waals surface area contributed by atoms with Gasteiger partial charge in [-0.15, -0.1) is 0 Å². The van der Waals surface area contributed by atoms with E-state index in [2.05, 4.69) is 0 Å². The Morgan fingerprint density at radius 3 is 2.50 bits per heavy atom. The molecule has 0 aliphatic carbocycles. The lowest BCUT2D eigenvalue weighted by molar-refractivity contribution is -0.141. The minimum Gasteiger partial charge on any atom is -0.481 e. The molecule has 5 nitrogen and oxygen atoms in total. The molecule has 0 saturated carbocycles. The molecule has 0 amide bonds. The Morgan fingerprint density at radius 2 is 1.94 bits per heavy atom. The van der Waals surface area contributed by atoms with E-state index in [0.717, 1.165) is 25.7 Å². The molecule has 2 atom stereocenters. The van der Waals surface area contributed by atoms with Crippen molar-refractivity contribution in [3.05, 3.63) is 0 Å². The minimum absolute atomic E-state index is 0.0173. The highest BCUT2D eigenvalue weighted by Crippen LogP contribution is 2.20. The second-order valence-corrected chi connectivity index (χ2v) is 7.19. The van der Waals surface area contributed by atoms with Gasteiger partial charge in [0.2, 0.25) is 10.0 Å². The van der Waals surface area contributed by atoms with Crippen LogP contribution in [0.15, 0.2) is 0 Å². The van der Waals surface area contributed by atoms with Crippen molar-refractivity contribution in [1.82, 2.24) is 4.31 Å². The Kier molecular flexibility index (Phi) is 5.59. The zero-order chi connectivity index (χ0) is 13.8. The summed E-state index contributed by atoms with van der Waals surface area (Å²) in [4.78, 5) is 10.7. The molecular weight excluding hydrogens is 254 g/mol. The first kappa shape index (κ1) is 15.4. The van der Waals surface area contributed by atoms with E-state index in [1.165, 1.54) is 0 Å². The van der Waals surface area contributed by atoms with Crippen molar-refractivity contribution in [2.45, 2.75) is 52.0 Å². The summed E-state index contributed by atoms with van der Waals surface area (Å²) < 4.78 is 25.3. The number of rotatable bonds is 6. The van der Waals surface area contributed by atoms with E-state index < -0.39 is 16.0 Å². The van der Waals surface area contributed by atoms with Crippen molar-refractivity contribution >= 4 is 16.0 Å². The lowest BCUT2D eigenvalue weighted by atomic mass is 10.0. The molecule has 0 aromatic heterocycles. The van der Waals surface area contributed by atoms with Crippen molar-refractivity contribution in [3.63, 3.8) is 0 Å². The third-order valence-corrected chi connectivity index (χ3v) is 5.62. The van der Waals surface area contributed by atoms with Crippen LogP contribution in [0.1, 0.15) is 46.0 Å². The van der Waals surface area contributed by atoms with Crippen LogP contribution in [0.5, 0.6) is 0 Å². The number of carboxylic acids is 1. The minimum atomic E-state index is -3.07. The van der Waals surface area contributed by atoms with Crippen LogP contribution in [-0.4, -0.2) is 42.1 Å². The molecule has 0 aromatic carbocycles. The fourth-order valence-corrected chi connectivity index (χ4v) is 4.15. The van der Waals surface area contributed by atoms with Crippen LogP contribution in [-0.2, 0) is 14.8 Å². The molecule has 0 radical (unpaired) electrons. The molecule has 1 aliphatic rings. The average molecular weight is 277 g/mol. The van der Waals surface area contributed by atoms with Gasteiger partial charge in [0.25, 0.3) is 0 Å². The van der Waals surface area contributed by atoms with E-state index in [-0.39, 0.29) is 17.7 Å². The number of carboxylic acid groups (broad SMARTS) is 1. The van der Waals surface area contributed by atoms with E-state index in [1.54, 1.807) is 11.2 Å². The zero-order valence-corrected chi connectivity index (χ0v) is 11.9. The van der Waals surface area contributed by atoms with E-state index in [1.807, 2.05) is 6.92 Å². The second-order valence-electron chi connectivity index (χ2n) is 5.15. The zero-order valence-electron chi connectivity index (χ0n) is 11.1. The first-order chi connectivity index (χ1) is 8.34. The van der Waals surface area contributed by atoms with E-state index >= 15 is 0 Å². The molecule has 1 saturated heterocycles. The Balaban J connectivity index is 2.40. The second kappa shape index (κ2) is 6.52. The number of carbonyl (C=O) groups is 1. The number of hydrogen-bond donors (Lipinski definition) is 1. The summed E-state index contributed by atoms with van der Waals surface area (Å²) in [5.74, 6) is -0.883. The maximum atomic E-state index is 11.9. The Labute approximate surface area is 109 Å². The van der Waals surface area contributed by atoms with Crippen LogP contribution in [0.2, 0.25) is 0 Å². The summed E-state index contributed by atoms with van der Waals surface area (Å²) >= 11 is 0. The SMILES string of the molecule is CC(CCCC(C)N1CCCCS1(=O)=O)C(=O)O. The van der Waals surface area contributed by atoms with Crippen molar-refractivity contribution in [2.75, 3.05) is 12.3 Å². The van der Waals surface area contributed by atoms with Crippen molar-refractivity contribution < 1.29 is 18.3 Å². The molecule has 1 N–H and O–H groups in total. The van der Waals surface area contributed by atoms with Crippen molar-refractivity contribution in [1.29, 1.82) is 0 Å². The first-order valence-corrected chi connectivity index (χ1v) is 8.18. The Bertz CT molecular complexity index is 380. The molecule has 0 spiro atoms. The van der Waals surface area contributed by atoms with E-state index in [0.29, 0.717) is 13.0 Å². The maximum Gasteiger partial charge on any atom is 0.306 e. The van der Waals surface area contributed by atoms with Crippen LogP contribution in [0, 0.1) is 5.92 Å². The summed E-state index contributed by atoms with van der Waals surface area (Å²) in [7, 11) is -3.07. The fourth-order valence-electron chi connectivity index (χ4n) is 2.29. The molecule has 2 unspecified atom stereocenters. The first-order valence-electron chi connectivity index (χ1n) is 6.57. The van der Waals surface area contributed by atoms with Crippen LogP contribution in [0.25, 0.3) is 0 Å². The van der Waals surface area contributed by atoms with Gasteiger partial charge in [-0.1, -0.05) is 13.3 Å². The monoisotopic (exact) mass is 277 g/mol. The number of sulfonamides is 1. The van der Waals surface area contributed by atoms with Gasteiger partial charge in [-0.2, -0.15) is 4.31 Å². The van der Waals surface area contributed by atoms with Crippen LogP contribution < -0.4 is 0 Å². The number of nitrogens with zero attached hydrogens (tertiary/aromatic N) is 1. The highest BCUT2D eigenvalue weighted by molar-refractivity contribution is 7.89. The summed E-state index contributed by atoms with van der Waals surface area (Å²) in [5.41, 5.74) is 0. The predicted molar refractivity (Wildman–Crippen MR) is 69.8 cm³/mol. The maximum absolute atomic E-state index is 11.9. The molecule has 106 valence electrons. The van der Waals surface area contributed by atoms with Gasteiger partial charge in [-0.25, -0.2) is 8.42 Å². The van der Waals surface area contributed by atoms with E-state index in [4.69, 9.17) is 5.11 Å². The van der Waals surface area contributed by atoms with E-state index in [9.17, 15) is 13.2 Å². The lowest BCUT2D eigenvalue weighted by Crippen LogP contribution is -2.43. The molecule has 18 heavy (non-hydrogen) atoms. The Morgan fingerprint density at radius 1 is 1.28 bits per heavy atom. The van der Waals surface area contributed by atoms with Gasteiger partial charge in [0, 0.05) is 12.6 Å². The molecule has 1 heterocycles. The lowest BCUT2D eigenvalue weighted by Gasteiger charge is -2.31. The van der Waals surface area contributed by atoms with Crippen molar-refractivity contribution in [3.8, 4) is 0 Å².